The third-order valence-electron chi connectivity index (χ3n) is 2.69. The van der Waals surface area contributed by atoms with Crippen LogP contribution in [0.3, 0.4) is 0 Å². The topological polar surface area (TPSA) is 87.5 Å². The van der Waals surface area contributed by atoms with Crippen LogP contribution in [0.25, 0.3) is 0 Å². The summed E-state index contributed by atoms with van der Waals surface area (Å²) in [6, 6.07) is 1.15. The number of anilines is 1. The molecule has 108 valence electrons. The average molecular weight is 278 g/mol. The Balaban J connectivity index is 2.44. The molecule has 2 N–H and O–H groups in total. The summed E-state index contributed by atoms with van der Waals surface area (Å²) in [5, 5.41) is 8.80. The zero-order chi connectivity index (χ0) is 15.1. The normalized spacial score (nSPS) is 11.8. The molecule has 0 spiro atoms. The summed E-state index contributed by atoms with van der Waals surface area (Å²) in [6.07, 6.45) is 5.06. The molecular formula is C13H18N4O3. The van der Waals surface area contributed by atoms with Gasteiger partial charge < -0.3 is 15.2 Å². The van der Waals surface area contributed by atoms with Crippen molar-refractivity contribution in [2.45, 2.75) is 19.9 Å². The molecule has 20 heavy (non-hydrogen) atoms. The summed E-state index contributed by atoms with van der Waals surface area (Å²) < 4.78 is 4.84. The third kappa shape index (κ3) is 4.74. The van der Waals surface area contributed by atoms with Crippen LogP contribution in [0.1, 0.15) is 12.7 Å². The molecule has 1 rings (SSSR count). The van der Waals surface area contributed by atoms with E-state index in [2.05, 4.69) is 21.7 Å². The number of rotatable bonds is 6. The Morgan fingerprint density at radius 2 is 2.30 bits per heavy atom. The number of hydrogen-bond acceptors (Lipinski definition) is 5. The van der Waals surface area contributed by atoms with E-state index >= 15 is 0 Å². The van der Waals surface area contributed by atoms with Crippen LogP contribution in [0.5, 0.6) is 0 Å². The first-order valence-corrected chi connectivity index (χ1v) is 6.08. The van der Waals surface area contributed by atoms with Crippen LogP contribution in [0.2, 0.25) is 0 Å². The fourth-order valence-electron chi connectivity index (χ4n) is 1.46. The van der Waals surface area contributed by atoms with E-state index in [1.807, 2.05) is 0 Å². The molecule has 0 fully saturated rings. The molecule has 2 amide bonds. The maximum Gasteiger partial charge on any atom is 0.239 e. The highest BCUT2D eigenvalue weighted by molar-refractivity contribution is 5.92. The van der Waals surface area contributed by atoms with Gasteiger partial charge in [-0.15, -0.1) is 6.42 Å². The maximum absolute atomic E-state index is 11.8. The number of nitrogens with one attached hydrogen (secondary N) is 2. The van der Waals surface area contributed by atoms with Gasteiger partial charge in [-0.3, -0.25) is 14.5 Å². The third-order valence-corrected chi connectivity index (χ3v) is 2.69. The summed E-state index contributed by atoms with van der Waals surface area (Å²) in [4.78, 5) is 25.1. The molecular weight excluding hydrogens is 260 g/mol. The number of terminal acetylenes is 1. The standard InChI is InChI=1S/C13H18N4O3/c1-5-6-14-13(19)10(3)17(4)8-12(18)15-11-7-9(2)20-16-11/h1,7,10H,6,8H2,2-4H3,(H,14,19)(H,15,16,18). The molecule has 1 unspecified atom stereocenters. The lowest BCUT2D eigenvalue weighted by Gasteiger charge is -2.22. The molecule has 0 saturated carbocycles. The molecule has 0 saturated heterocycles. The molecule has 0 bridgehead atoms. The molecule has 0 aliphatic heterocycles. The number of carbonyl (C=O) groups excluding carboxylic acids is 2. The number of aryl methyl sites for hydroxylation is 1. The number of likely N-dealkylation sites (N-methyl/N-ethyl adjacent to an activating group) is 1. The van der Waals surface area contributed by atoms with Crippen molar-refractivity contribution in [1.29, 1.82) is 0 Å². The average Bonchev–Trinajstić information content (AvgIpc) is 2.79. The molecule has 1 heterocycles. The molecule has 1 aromatic heterocycles. The summed E-state index contributed by atoms with van der Waals surface area (Å²) in [5.41, 5.74) is 0. The first-order valence-electron chi connectivity index (χ1n) is 6.08. The molecule has 0 aromatic carbocycles. The zero-order valence-corrected chi connectivity index (χ0v) is 11.8. The highest BCUT2D eigenvalue weighted by atomic mass is 16.5. The van der Waals surface area contributed by atoms with Crippen molar-refractivity contribution in [3.63, 3.8) is 0 Å². The maximum atomic E-state index is 11.8. The van der Waals surface area contributed by atoms with E-state index < -0.39 is 6.04 Å². The summed E-state index contributed by atoms with van der Waals surface area (Å²) in [6.45, 7) is 3.64. The minimum atomic E-state index is -0.465. The van der Waals surface area contributed by atoms with Gasteiger partial charge in [-0.1, -0.05) is 11.1 Å². The van der Waals surface area contributed by atoms with Crippen molar-refractivity contribution >= 4 is 17.6 Å². The Morgan fingerprint density at radius 1 is 1.60 bits per heavy atom. The van der Waals surface area contributed by atoms with E-state index in [4.69, 9.17) is 10.9 Å². The lowest BCUT2D eigenvalue weighted by molar-refractivity contribution is -0.126. The number of hydrogen-bond donors (Lipinski definition) is 2. The van der Waals surface area contributed by atoms with Gasteiger partial charge in [0.15, 0.2) is 5.82 Å². The number of carbonyl (C=O) groups is 2. The second kappa shape index (κ2) is 7.31. The quantitative estimate of drug-likeness (QED) is 0.715. The summed E-state index contributed by atoms with van der Waals surface area (Å²) >= 11 is 0. The molecule has 0 aliphatic rings. The first kappa shape index (κ1) is 15.7. The minimum absolute atomic E-state index is 0.0521. The second-order valence-electron chi connectivity index (χ2n) is 4.38. The highest BCUT2D eigenvalue weighted by Gasteiger charge is 2.19. The Hall–Kier alpha value is -2.33. The van der Waals surface area contributed by atoms with Crippen LogP contribution < -0.4 is 10.6 Å². The van der Waals surface area contributed by atoms with E-state index in [0.29, 0.717) is 11.6 Å². The lowest BCUT2D eigenvalue weighted by Crippen LogP contribution is -2.46. The van der Waals surface area contributed by atoms with Crippen molar-refractivity contribution in [3.8, 4) is 12.3 Å². The number of nitrogens with zero attached hydrogens (tertiary/aromatic N) is 2. The van der Waals surface area contributed by atoms with E-state index in [-0.39, 0.29) is 24.9 Å². The zero-order valence-electron chi connectivity index (χ0n) is 11.8. The molecule has 7 nitrogen and oxygen atoms in total. The van der Waals surface area contributed by atoms with Gasteiger partial charge in [0.1, 0.15) is 5.76 Å². The van der Waals surface area contributed by atoms with Crippen molar-refractivity contribution in [2.24, 2.45) is 0 Å². The minimum Gasteiger partial charge on any atom is -0.360 e. The Morgan fingerprint density at radius 3 is 2.85 bits per heavy atom. The van der Waals surface area contributed by atoms with Crippen LogP contribution in [-0.2, 0) is 9.59 Å². The van der Waals surface area contributed by atoms with Crippen molar-refractivity contribution in [2.75, 3.05) is 25.5 Å². The van der Waals surface area contributed by atoms with Crippen LogP contribution >= 0.6 is 0 Å². The van der Waals surface area contributed by atoms with Crippen LogP contribution in [0, 0.1) is 19.3 Å². The van der Waals surface area contributed by atoms with Crippen molar-refractivity contribution in [3.05, 3.63) is 11.8 Å². The Labute approximate surface area is 117 Å². The number of aromatic nitrogens is 1. The van der Waals surface area contributed by atoms with E-state index in [1.165, 1.54) is 0 Å². The van der Waals surface area contributed by atoms with E-state index in [1.54, 1.807) is 31.9 Å². The van der Waals surface area contributed by atoms with Gasteiger partial charge in [0, 0.05) is 6.07 Å². The van der Waals surface area contributed by atoms with Crippen molar-refractivity contribution in [1.82, 2.24) is 15.4 Å². The van der Waals surface area contributed by atoms with Crippen molar-refractivity contribution < 1.29 is 14.1 Å². The smallest absolute Gasteiger partial charge is 0.239 e. The monoisotopic (exact) mass is 278 g/mol. The van der Waals surface area contributed by atoms with Gasteiger partial charge >= 0.3 is 0 Å². The molecule has 0 aliphatic carbocycles. The Bertz CT molecular complexity index is 518. The molecule has 0 radical (unpaired) electrons. The summed E-state index contributed by atoms with van der Waals surface area (Å²) in [5.74, 6) is 2.77. The molecule has 1 atom stereocenters. The van der Waals surface area contributed by atoms with Gasteiger partial charge in [-0.25, -0.2) is 0 Å². The molecule has 1 aromatic rings. The first-order chi connectivity index (χ1) is 9.43. The highest BCUT2D eigenvalue weighted by Crippen LogP contribution is 2.07. The van der Waals surface area contributed by atoms with Gasteiger partial charge in [0.05, 0.1) is 19.1 Å². The van der Waals surface area contributed by atoms with Crippen LogP contribution in [0.15, 0.2) is 10.6 Å². The van der Waals surface area contributed by atoms with Gasteiger partial charge in [-0.05, 0) is 20.9 Å². The van der Waals surface area contributed by atoms with Crippen LogP contribution in [-0.4, -0.2) is 48.0 Å². The lowest BCUT2D eigenvalue weighted by atomic mass is 10.2. The van der Waals surface area contributed by atoms with E-state index in [9.17, 15) is 9.59 Å². The molecule has 7 heteroatoms. The largest absolute Gasteiger partial charge is 0.360 e. The van der Waals surface area contributed by atoms with E-state index in [0.717, 1.165) is 0 Å². The van der Waals surface area contributed by atoms with Gasteiger partial charge in [-0.2, -0.15) is 0 Å². The SMILES string of the molecule is C#CCNC(=O)C(C)N(C)CC(=O)Nc1cc(C)on1. The van der Waals surface area contributed by atoms with Crippen LogP contribution in [0.4, 0.5) is 5.82 Å². The Kier molecular flexibility index (Phi) is 5.74. The predicted molar refractivity (Wildman–Crippen MR) is 73.8 cm³/mol. The summed E-state index contributed by atoms with van der Waals surface area (Å²) in [7, 11) is 1.67. The fraction of sp³-hybridized carbons (Fsp3) is 0.462. The fourth-order valence-corrected chi connectivity index (χ4v) is 1.46. The van der Waals surface area contributed by atoms with Gasteiger partial charge in [0.2, 0.25) is 11.8 Å². The second-order valence-corrected chi connectivity index (χ2v) is 4.38. The number of amides is 2. The van der Waals surface area contributed by atoms with Gasteiger partial charge in [0.25, 0.3) is 0 Å². The predicted octanol–water partition coefficient (Wildman–Crippen LogP) is -0.00878.